The monoisotopic (exact) mass is 568 g/mol. The minimum Gasteiger partial charge on any atom is -0.458 e. The molecule has 0 spiro atoms. The third-order valence-electron chi connectivity index (χ3n) is 4.22. The zero-order valence-corrected chi connectivity index (χ0v) is 24.3. The zero-order chi connectivity index (χ0) is 28.7. The third kappa shape index (κ3) is 34.8. The second kappa shape index (κ2) is 29.8. The predicted molar refractivity (Wildman–Crippen MR) is 144 cm³/mol. The fourth-order valence-corrected chi connectivity index (χ4v) is 2.57. The topological polar surface area (TPSA) is 119 Å². The molecule has 0 saturated carbocycles. The van der Waals surface area contributed by atoms with E-state index in [1.807, 2.05) is 20.8 Å². The summed E-state index contributed by atoms with van der Waals surface area (Å²) in [6.45, 7) is 18.3. The van der Waals surface area contributed by atoms with E-state index in [0.29, 0.717) is 126 Å². The molecule has 232 valence electrons. The molecule has 12 heteroatoms. The molecular weight excluding hydrogens is 516 g/mol. The van der Waals surface area contributed by atoms with Crippen LogP contribution in [0.4, 0.5) is 0 Å². The quantitative estimate of drug-likeness (QED) is 0.0688. The molecule has 0 aliphatic rings. The van der Waals surface area contributed by atoms with Crippen molar-refractivity contribution in [1.29, 1.82) is 0 Å². The standard InChI is InChI=1S/C27H52O12/c1-5-6-29-7-8-30-9-10-31-11-12-32-13-14-33-15-16-34-17-18-35-19-20-36-21-22-37-23-24-38-25-26(28)39-27(2,3)4/h5H,1,6-25H2,2-4H3. The Hall–Kier alpha value is -1.19. The van der Waals surface area contributed by atoms with Crippen molar-refractivity contribution in [3.05, 3.63) is 12.7 Å². The van der Waals surface area contributed by atoms with E-state index in [-0.39, 0.29) is 12.6 Å². The van der Waals surface area contributed by atoms with Crippen LogP contribution in [-0.2, 0) is 56.9 Å². The smallest absolute Gasteiger partial charge is 0.332 e. The van der Waals surface area contributed by atoms with Crippen molar-refractivity contribution in [2.45, 2.75) is 26.4 Å². The molecule has 0 atom stereocenters. The van der Waals surface area contributed by atoms with Crippen LogP contribution in [0.25, 0.3) is 0 Å². The molecule has 0 rings (SSSR count). The molecule has 12 nitrogen and oxygen atoms in total. The molecule has 0 amide bonds. The highest BCUT2D eigenvalue weighted by atomic mass is 16.6. The van der Waals surface area contributed by atoms with Gasteiger partial charge < -0.3 is 52.1 Å². The zero-order valence-electron chi connectivity index (χ0n) is 24.3. The van der Waals surface area contributed by atoms with Crippen molar-refractivity contribution in [2.75, 3.05) is 132 Å². The minimum atomic E-state index is -0.507. The van der Waals surface area contributed by atoms with Gasteiger partial charge in [0.1, 0.15) is 12.2 Å². The van der Waals surface area contributed by atoms with Crippen molar-refractivity contribution in [1.82, 2.24) is 0 Å². The molecule has 0 N–H and O–H groups in total. The first-order valence-electron chi connectivity index (χ1n) is 13.6. The average Bonchev–Trinajstić information content (AvgIpc) is 2.88. The normalized spacial score (nSPS) is 11.7. The number of hydrogen-bond donors (Lipinski definition) is 0. The van der Waals surface area contributed by atoms with E-state index in [2.05, 4.69) is 6.58 Å². The van der Waals surface area contributed by atoms with Gasteiger partial charge in [0.15, 0.2) is 0 Å². The number of carbonyl (C=O) groups excluding carboxylic acids is 1. The Balaban J connectivity index is 3.09. The van der Waals surface area contributed by atoms with Gasteiger partial charge in [-0.3, -0.25) is 0 Å². The summed E-state index contributed by atoms with van der Waals surface area (Å²) in [5.74, 6) is -0.385. The Kier molecular flexibility index (Phi) is 28.9. The molecule has 0 aromatic heterocycles. The SMILES string of the molecule is C=CCOCCOCCOCCOCCOCCOCCOCCOCCOCCOCC(=O)OC(C)(C)C. The Morgan fingerprint density at radius 2 is 0.744 bits per heavy atom. The van der Waals surface area contributed by atoms with E-state index in [1.165, 1.54) is 0 Å². The molecule has 0 unspecified atom stereocenters. The van der Waals surface area contributed by atoms with Crippen molar-refractivity contribution < 1.29 is 56.9 Å². The molecule has 0 aromatic carbocycles. The van der Waals surface area contributed by atoms with Crippen LogP contribution >= 0.6 is 0 Å². The van der Waals surface area contributed by atoms with E-state index < -0.39 is 5.60 Å². The van der Waals surface area contributed by atoms with Gasteiger partial charge >= 0.3 is 5.97 Å². The first-order valence-corrected chi connectivity index (χ1v) is 13.6. The number of rotatable bonds is 31. The van der Waals surface area contributed by atoms with Gasteiger partial charge in [0.2, 0.25) is 0 Å². The lowest BCUT2D eigenvalue weighted by Crippen LogP contribution is -2.27. The maximum atomic E-state index is 11.5. The summed E-state index contributed by atoms with van der Waals surface area (Å²) in [7, 11) is 0. The summed E-state index contributed by atoms with van der Waals surface area (Å²) in [4.78, 5) is 11.5. The molecule has 0 aliphatic heterocycles. The minimum absolute atomic E-state index is 0.0804. The summed E-state index contributed by atoms with van der Waals surface area (Å²) in [6, 6.07) is 0. The van der Waals surface area contributed by atoms with Gasteiger partial charge in [0, 0.05) is 0 Å². The average molecular weight is 569 g/mol. The largest absolute Gasteiger partial charge is 0.458 e. The summed E-state index contributed by atoms with van der Waals surface area (Å²) in [5.41, 5.74) is -0.507. The summed E-state index contributed by atoms with van der Waals surface area (Å²) in [5, 5.41) is 0. The second-order valence-electron chi connectivity index (χ2n) is 8.90. The molecule has 0 bridgehead atoms. The van der Waals surface area contributed by atoms with Crippen LogP contribution in [0.1, 0.15) is 20.8 Å². The van der Waals surface area contributed by atoms with Gasteiger partial charge in [-0.05, 0) is 20.8 Å². The molecule has 0 fully saturated rings. The van der Waals surface area contributed by atoms with E-state index in [4.69, 9.17) is 52.1 Å². The number of carbonyl (C=O) groups is 1. The summed E-state index contributed by atoms with van der Waals surface area (Å²) in [6.07, 6.45) is 1.71. The fraction of sp³-hybridized carbons (Fsp3) is 0.889. The maximum Gasteiger partial charge on any atom is 0.332 e. The number of ether oxygens (including phenoxy) is 11. The van der Waals surface area contributed by atoms with Crippen LogP contribution in [0.3, 0.4) is 0 Å². The van der Waals surface area contributed by atoms with Crippen LogP contribution in [0, 0.1) is 0 Å². The van der Waals surface area contributed by atoms with Gasteiger partial charge in [-0.2, -0.15) is 0 Å². The van der Waals surface area contributed by atoms with Gasteiger partial charge in [0.05, 0.1) is 126 Å². The van der Waals surface area contributed by atoms with Crippen molar-refractivity contribution in [2.24, 2.45) is 0 Å². The van der Waals surface area contributed by atoms with Crippen LogP contribution < -0.4 is 0 Å². The third-order valence-corrected chi connectivity index (χ3v) is 4.22. The van der Waals surface area contributed by atoms with Gasteiger partial charge in [-0.15, -0.1) is 6.58 Å². The highest BCUT2D eigenvalue weighted by Gasteiger charge is 2.15. The Bertz CT molecular complexity index is 527. The van der Waals surface area contributed by atoms with Crippen molar-refractivity contribution in [3.8, 4) is 0 Å². The number of hydrogen-bond acceptors (Lipinski definition) is 12. The van der Waals surface area contributed by atoms with Gasteiger partial charge in [-0.25, -0.2) is 4.79 Å². The van der Waals surface area contributed by atoms with Crippen molar-refractivity contribution >= 4 is 5.97 Å². The summed E-state index contributed by atoms with van der Waals surface area (Å²) >= 11 is 0. The van der Waals surface area contributed by atoms with Gasteiger partial charge in [0.25, 0.3) is 0 Å². The van der Waals surface area contributed by atoms with E-state index in [0.717, 1.165) is 0 Å². The van der Waals surface area contributed by atoms with Crippen LogP contribution in [-0.4, -0.2) is 144 Å². The first-order chi connectivity index (χ1) is 19.0. The molecule has 0 aliphatic carbocycles. The molecular formula is C27H52O12. The Morgan fingerprint density at radius 3 is 1.00 bits per heavy atom. The molecule has 0 saturated heterocycles. The molecule has 39 heavy (non-hydrogen) atoms. The molecule has 0 radical (unpaired) electrons. The fourth-order valence-electron chi connectivity index (χ4n) is 2.57. The lowest BCUT2D eigenvalue weighted by atomic mass is 10.2. The predicted octanol–water partition coefficient (Wildman–Crippen LogP) is 1.68. The van der Waals surface area contributed by atoms with Crippen LogP contribution in [0.5, 0.6) is 0 Å². The van der Waals surface area contributed by atoms with E-state index >= 15 is 0 Å². The number of esters is 1. The van der Waals surface area contributed by atoms with Crippen LogP contribution in [0.2, 0.25) is 0 Å². The van der Waals surface area contributed by atoms with Gasteiger partial charge in [-0.1, -0.05) is 6.08 Å². The second-order valence-corrected chi connectivity index (χ2v) is 8.90. The maximum absolute atomic E-state index is 11.5. The Morgan fingerprint density at radius 1 is 0.487 bits per heavy atom. The summed E-state index contributed by atoms with van der Waals surface area (Å²) < 4.78 is 58.9. The Labute approximate surface area is 234 Å². The lowest BCUT2D eigenvalue weighted by molar-refractivity contribution is -0.160. The first kappa shape index (κ1) is 37.8. The highest BCUT2D eigenvalue weighted by molar-refractivity contribution is 5.71. The molecule has 0 aromatic rings. The van der Waals surface area contributed by atoms with Crippen LogP contribution in [0.15, 0.2) is 12.7 Å². The lowest BCUT2D eigenvalue weighted by Gasteiger charge is -2.19. The van der Waals surface area contributed by atoms with Crippen molar-refractivity contribution in [3.63, 3.8) is 0 Å². The highest BCUT2D eigenvalue weighted by Crippen LogP contribution is 2.06. The molecule has 0 heterocycles. The van der Waals surface area contributed by atoms with E-state index in [1.54, 1.807) is 6.08 Å². The van der Waals surface area contributed by atoms with E-state index in [9.17, 15) is 4.79 Å².